The van der Waals surface area contributed by atoms with E-state index in [4.69, 9.17) is 5.84 Å². The van der Waals surface area contributed by atoms with Crippen LogP contribution in [-0.4, -0.2) is 18.1 Å². The smallest absolute Gasteiger partial charge is 0.0131 e. The molecule has 80 valence electrons. The van der Waals surface area contributed by atoms with Gasteiger partial charge in [-0.05, 0) is 18.8 Å². The number of rotatable bonds is 8. The fourth-order valence-corrected chi connectivity index (χ4v) is 1.28. The van der Waals surface area contributed by atoms with Crippen LogP contribution in [0.2, 0.25) is 0 Å². The second kappa shape index (κ2) is 8.52. The lowest BCUT2D eigenvalue weighted by Gasteiger charge is -2.16. The molecule has 0 amide bonds. The average Bonchev–Trinajstić information content (AvgIpc) is 2.09. The molecule has 0 aliphatic rings. The molecule has 0 spiro atoms. The minimum absolute atomic E-state index is 0.765. The molecule has 0 aliphatic carbocycles. The summed E-state index contributed by atoms with van der Waals surface area (Å²) in [5, 5.41) is 1.97. The zero-order chi connectivity index (χ0) is 10.1. The maximum atomic E-state index is 5.84. The van der Waals surface area contributed by atoms with Gasteiger partial charge in [0.1, 0.15) is 0 Å². The minimum atomic E-state index is 0.765. The SMILES string of the molecule is CCCCCCN(N)CCC(C)C. The van der Waals surface area contributed by atoms with Crippen molar-refractivity contribution in [2.75, 3.05) is 13.1 Å². The Hall–Kier alpha value is -0.0800. The molecule has 0 rings (SSSR count). The summed E-state index contributed by atoms with van der Waals surface area (Å²) in [5.41, 5.74) is 0. The van der Waals surface area contributed by atoms with Gasteiger partial charge in [0.25, 0.3) is 0 Å². The number of hydrazine groups is 1. The third kappa shape index (κ3) is 9.84. The van der Waals surface area contributed by atoms with E-state index in [0.717, 1.165) is 19.0 Å². The molecular formula is C11H26N2. The Morgan fingerprint density at radius 2 is 1.77 bits per heavy atom. The van der Waals surface area contributed by atoms with Crippen LogP contribution in [-0.2, 0) is 0 Å². The summed E-state index contributed by atoms with van der Waals surface area (Å²) in [6.07, 6.45) is 6.44. The predicted octanol–water partition coefficient (Wildman–Crippen LogP) is 2.79. The molecule has 2 nitrogen and oxygen atoms in total. The molecule has 0 atom stereocenters. The first-order valence-electron chi connectivity index (χ1n) is 5.66. The molecule has 0 aromatic heterocycles. The molecule has 0 bridgehead atoms. The molecule has 0 unspecified atom stereocenters. The van der Waals surface area contributed by atoms with Gasteiger partial charge in [-0.1, -0.05) is 40.0 Å². The summed E-state index contributed by atoms with van der Waals surface area (Å²) >= 11 is 0. The van der Waals surface area contributed by atoms with Crippen molar-refractivity contribution in [3.63, 3.8) is 0 Å². The van der Waals surface area contributed by atoms with E-state index in [9.17, 15) is 0 Å². The van der Waals surface area contributed by atoms with Crippen LogP contribution in [0.15, 0.2) is 0 Å². The van der Waals surface area contributed by atoms with Crippen molar-refractivity contribution in [1.29, 1.82) is 0 Å². The molecule has 0 aromatic carbocycles. The molecule has 13 heavy (non-hydrogen) atoms. The Kier molecular flexibility index (Phi) is 8.46. The topological polar surface area (TPSA) is 29.3 Å². The monoisotopic (exact) mass is 186 g/mol. The first kappa shape index (κ1) is 12.9. The summed E-state index contributed by atoms with van der Waals surface area (Å²) in [6.45, 7) is 8.82. The van der Waals surface area contributed by atoms with Crippen LogP contribution in [0.5, 0.6) is 0 Å². The van der Waals surface area contributed by atoms with Gasteiger partial charge < -0.3 is 0 Å². The molecule has 0 aliphatic heterocycles. The zero-order valence-corrected chi connectivity index (χ0v) is 9.55. The second-order valence-corrected chi connectivity index (χ2v) is 4.28. The molecule has 0 radical (unpaired) electrons. The number of unbranched alkanes of at least 4 members (excludes halogenated alkanes) is 3. The highest BCUT2D eigenvalue weighted by molar-refractivity contribution is 4.52. The number of nitrogens with zero attached hydrogens (tertiary/aromatic N) is 1. The summed E-state index contributed by atoms with van der Waals surface area (Å²) in [4.78, 5) is 0. The van der Waals surface area contributed by atoms with E-state index in [1.54, 1.807) is 0 Å². The maximum absolute atomic E-state index is 5.84. The molecule has 0 saturated heterocycles. The zero-order valence-electron chi connectivity index (χ0n) is 9.55. The number of hydrogen-bond donors (Lipinski definition) is 1. The molecule has 2 heteroatoms. The highest BCUT2D eigenvalue weighted by Crippen LogP contribution is 2.02. The Morgan fingerprint density at radius 3 is 2.31 bits per heavy atom. The van der Waals surface area contributed by atoms with Gasteiger partial charge in [-0.15, -0.1) is 0 Å². The largest absolute Gasteiger partial charge is 0.269 e. The van der Waals surface area contributed by atoms with E-state index < -0.39 is 0 Å². The van der Waals surface area contributed by atoms with Gasteiger partial charge in [0.05, 0.1) is 0 Å². The van der Waals surface area contributed by atoms with Crippen LogP contribution in [0.3, 0.4) is 0 Å². The van der Waals surface area contributed by atoms with Crippen molar-refractivity contribution in [3.8, 4) is 0 Å². The third-order valence-electron chi connectivity index (χ3n) is 2.29. The van der Waals surface area contributed by atoms with Gasteiger partial charge in [0.15, 0.2) is 0 Å². The van der Waals surface area contributed by atoms with Gasteiger partial charge in [-0.3, -0.25) is 5.84 Å². The van der Waals surface area contributed by atoms with E-state index in [2.05, 4.69) is 20.8 Å². The van der Waals surface area contributed by atoms with Crippen LogP contribution in [0, 0.1) is 5.92 Å². The van der Waals surface area contributed by atoms with E-state index in [1.807, 2.05) is 5.01 Å². The van der Waals surface area contributed by atoms with Gasteiger partial charge in [-0.25, -0.2) is 5.01 Å². The normalized spacial score (nSPS) is 11.5. The lowest BCUT2D eigenvalue weighted by Crippen LogP contribution is -2.33. The highest BCUT2D eigenvalue weighted by Gasteiger charge is 2.00. The van der Waals surface area contributed by atoms with Gasteiger partial charge in [-0.2, -0.15) is 0 Å². The lowest BCUT2D eigenvalue weighted by atomic mass is 10.1. The van der Waals surface area contributed by atoms with Crippen molar-refractivity contribution in [3.05, 3.63) is 0 Å². The van der Waals surface area contributed by atoms with Crippen LogP contribution < -0.4 is 5.84 Å². The fraction of sp³-hybridized carbons (Fsp3) is 1.00. The predicted molar refractivity (Wildman–Crippen MR) is 59.4 cm³/mol. The molecule has 0 aromatic rings. The quantitative estimate of drug-likeness (QED) is 0.359. The summed E-state index contributed by atoms with van der Waals surface area (Å²) < 4.78 is 0. The second-order valence-electron chi connectivity index (χ2n) is 4.28. The standard InChI is InChI=1S/C11H26N2/c1-4-5-6-7-9-13(12)10-8-11(2)3/h11H,4-10,12H2,1-3H3. The molecular weight excluding hydrogens is 160 g/mol. The third-order valence-corrected chi connectivity index (χ3v) is 2.29. The summed E-state index contributed by atoms with van der Waals surface area (Å²) in [5.74, 6) is 6.60. The number of hydrogen-bond acceptors (Lipinski definition) is 2. The first-order valence-corrected chi connectivity index (χ1v) is 5.66. The summed E-state index contributed by atoms with van der Waals surface area (Å²) in [6, 6.07) is 0. The van der Waals surface area contributed by atoms with Crippen molar-refractivity contribution in [2.45, 2.75) is 52.9 Å². The first-order chi connectivity index (χ1) is 6.16. The van der Waals surface area contributed by atoms with Gasteiger partial charge >= 0.3 is 0 Å². The average molecular weight is 186 g/mol. The number of nitrogens with two attached hydrogens (primary N) is 1. The van der Waals surface area contributed by atoms with Gasteiger partial charge in [0.2, 0.25) is 0 Å². The van der Waals surface area contributed by atoms with E-state index in [-0.39, 0.29) is 0 Å². The molecule has 0 heterocycles. The highest BCUT2D eigenvalue weighted by atomic mass is 15.4. The van der Waals surface area contributed by atoms with Crippen molar-refractivity contribution < 1.29 is 0 Å². The van der Waals surface area contributed by atoms with Crippen LogP contribution >= 0.6 is 0 Å². The van der Waals surface area contributed by atoms with Gasteiger partial charge in [0, 0.05) is 13.1 Å². The van der Waals surface area contributed by atoms with Crippen LogP contribution in [0.25, 0.3) is 0 Å². The summed E-state index contributed by atoms with van der Waals surface area (Å²) in [7, 11) is 0. The molecule has 2 N–H and O–H groups in total. The van der Waals surface area contributed by atoms with Crippen molar-refractivity contribution in [2.24, 2.45) is 11.8 Å². The van der Waals surface area contributed by atoms with Crippen molar-refractivity contribution in [1.82, 2.24) is 5.01 Å². The Labute approximate surface area is 83.5 Å². The van der Waals surface area contributed by atoms with E-state index in [0.29, 0.717) is 0 Å². The van der Waals surface area contributed by atoms with E-state index in [1.165, 1.54) is 32.1 Å². The van der Waals surface area contributed by atoms with Crippen LogP contribution in [0.1, 0.15) is 52.9 Å². The Morgan fingerprint density at radius 1 is 1.08 bits per heavy atom. The Balaban J connectivity index is 3.15. The van der Waals surface area contributed by atoms with Crippen molar-refractivity contribution >= 4 is 0 Å². The molecule has 0 fully saturated rings. The Bertz CT molecular complexity index is 102. The maximum Gasteiger partial charge on any atom is 0.0131 e. The van der Waals surface area contributed by atoms with E-state index >= 15 is 0 Å². The fourth-order valence-electron chi connectivity index (χ4n) is 1.28. The minimum Gasteiger partial charge on any atom is -0.269 e. The van der Waals surface area contributed by atoms with Crippen LogP contribution in [0.4, 0.5) is 0 Å². The lowest BCUT2D eigenvalue weighted by molar-refractivity contribution is 0.259. The molecule has 0 saturated carbocycles.